The van der Waals surface area contributed by atoms with Crippen molar-refractivity contribution in [2.24, 2.45) is 10.1 Å². The highest BCUT2D eigenvalue weighted by Gasteiger charge is 2.54. The third kappa shape index (κ3) is 7.87. The average molecular weight is 605 g/mol. The summed E-state index contributed by atoms with van der Waals surface area (Å²) in [5, 5.41) is 13.0. The number of aliphatic hydroxyl groups excluding tert-OH is 1. The number of benzene rings is 4. The first-order valence-corrected chi connectivity index (χ1v) is 15.0. The Morgan fingerprint density at radius 3 is 2.33 bits per heavy atom. The van der Waals surface area contributed by atoms with Crippen molar-refractivity contribution in [1.29, 1.82) is 0 Å². The van der Waals surface area contributed by atoms with Crippen LogP contribution >= 0.6 is 0 Å². The van der Waals surface area contributed by atoms with Crippen LogP contribution in [0.5, 0.6) is 5.75 Å². The van der Waals surface area contributed by atoms with E-state index in [9.17, 15) is 10.3 Å². The number of aliphatic imine (C=N–C) groups is 1. The fraction of sp³-hybridized carbons (Fsp3) is 0.257. The molecule has 230 valence electrons. The van der Waals surface area contributed by atoms with E-state index in [1.54, 1.807) is 30.3 Å². The van der Waals surface area contributed by atoms with E-state index in [1.165, 1.54) is 5.56 Å². The Kier molecular flexibility index (Phi) is 10.8. The molecule has 0 radical (unpaired) electrons. The predicted octanol–water partition coefficient (Wildman–Crippen LogP) is 6.14. The van der Waals surface area contributed by atoms with Crippen molar-refractivity contribution in [3.63, 3.8) is 0 Å². The molecule has 0 unspecified atom stereocenters. The van der Waals surface area contributed by atoms with Crippen molar-refractivity contribution in [2.45, 2.75) is 37.3 Å². The third-order valence-electron chi connectivity index (χ3n) is 7.53. The summed E-state index contributed by atoms with van der Waals surface area (Å²) in [6.45, 7) is 0.996. The first-order chi connectivity index (χ1) is 22.1. The molecule has 4 aromatic rings. The molecule has 1 amide bonds. The maximum atomic E-state index is 14.3. The summed E-state index contributed by atoms with van der Waals surface area (Å²) >= 11 is 0. The number of hydrogen-bond donors (Lipinski definition) is 3. The normalized spacial score (nSPS) is 17.1. The van der Waals surface area contributed by atoms with Crippen molar-refractivity contribution >= 4 is 17.5 Å². The molecule has 0 aromatic heterocycles. The fourth-order valence-electron chi connectivity index (χ4n) is 5.29. The molecule has 0 saturated heterocycles. The Labute approximate surface area is 262 Å². The summed E-state index contributed by atoms with van der Waals surface area (Å²) < 4.78 is 12.2. The number of nitrogens with zero attached hydrogens (tertiary/aromatic N) is 4. The van der Waals surface area contributed by atoms with Crippen LogP contribution in [0.1, 0.15) is 41.2 Å². The lowest BCUT2D eigenvalue weighted by molar-refractivity contribution is -0.130. The number of carbonyl (C=O) groups excluding carboxylic acids is 1. The standard InChI is InChI=1S/C35H36N6O4/c36-41-39-31-17-8-7-16-30(31)32-35(25-27-13-5-2-6-14-27,34(43)40-37-22-9-15-26-11-3-1-4-12-26)38-33(45-32)28-18-20-29(21-19-28)44-24-10-23-42/h1-8,11-14,16-21,32,37,42H,9-10,15,22-25H2,(H,40,43)/t32-,35-/m0/s1. The van der Waals surface area contributed by atoms with E-state index in [-0.39, 0.29) is 24.8 Å². The minimum atomic E-state index is -1.44. The number of nitrogens with one attached hydrogen (secondary N) is 2. The smallest absolute Gasteiger partial charge is 0.266 e. The van der Waals surface area contributed by atoms with Crippen LogP contribution in [0.15, 0.2) is 119 Å². The third-order valence-corrected chi connectivity index (χ3v) is 7.53. The van der Waals surface area contributed by atoms with Gasteiger partial charge in [0.1, 0.15) is 5.75 Å². The maximum Gasteiger partial charge on any atom is 0.266 e. The van der Waals surface area contributed by atoms with Crippen LogP contribution in [0.2, 0.25) is 0 Å². The van der Waals surface area contributed by atoms with E-state index in [2.05, 4.69) is 33.0 Å². The molecule has 4 aromatic carbocycles. The summed E-state index contributed by atoms with van der Waals surface area (Å²) in [5.74, 6) is 0.558. The lowest BCUT2D eigenvalue weighted by Crippen LogP contribution is -2.54. The first-order valence-electron chi connectivity index (χ1n) is 15.0. The Hall–Kier alpha value is -5.15. The number of rotatable bonds is 15. The van der Waals surface area contributed by atoms with Crippen LogP contribution in [0.4, 0.5) is 5.69 Å². The molecule has 2 atom stereocenters. The molecule has 10 nitrogen and oxygen atoms in total. The summed E-state index contributed by atoms with van der Waals surface area (Å²) in [4.78, 5) is 22.4. The van der Waals surface area contributed by atoms with E-state index >= 15 is 0 Å². The predicted molar refractivity (Wildman–Crippen MR) is 173 cm³/mol. The molecule has 10 heteroatoms. The molecule has 0 aliphatic carbocycles. The number of aryl methyl sites for hydroxylation is 1. The molecule has 45 heavy (non-hydrogen) atoms. The molecular weight excluding hydrogens is 568 g/mol. The zero-order valence-corrected chi connectivity index (χ0v) is 24.9. The largest absolute Gasteiger partial charge is 0.494 e. The molecule has 0 bridgehead atoms. The van der Waals surface area contributed by atoms with Crippen molar-refractivity contribution in [2.75, 3.05) is 19.8 Å². The van der Waals surface area contributed by atoms with Gasteiger partial charge >= 0.3 is 0 Å². The van der Waals surface area contributed by atoms with Gasteiger partial charge in [-0.1, -0.05) is 90.0 Å². The molecule has 1 aliphatic heterocycles. The minimum Gasteiger partial charge on any atom is -0.494 e. The molecule has 0 saturated carbocycles. The van der Waals surface area contributed by atoms with Gasteiger partial charge in [0.25, 0.3) is 5.91 Å². The maximum absolute atomic E-state index is 14.3. The van der Waals surface area contributed by atoms with Gasteiger partial charge in [-0.3, -0.25) is 10.2 Å². The van der Waals surface area contributed by atoms with Crippen molar-refractivity contribution < 1.29 is 19.4 Å². The minimum absolute atomic E-state index is 0.0505. The molecule has 0 fully saturated rings. The van der Waals surface area contributed by atoms with Crippen molar-refractivity contribution in [1.82, 2.24) is 10.9 Å². The van der Waals surface area contributed by atoms with Gasteiger partial charge < -0.3 is 14.6 Å². The molecule has 3 N–H and O–H groups in total. The van der Waals surface area contributed by atoms with Crippen LogP contribution in [-0.2, 0) is 22.4 Å². The lowest BCUT2D eigenvalue weighted by atomic mass is 9.81. The van der Waals surface area contributed by atoms with Gasteiger partial charge in [-0.15, -0.1) is 0 Å². The quantitative estimate of drug-likeness (QED) is 0.0491. The molecule has 1 aliphatic rings. The summed E-state index contributed by atoms with van der Waals surface area (Å²) in [7, 11) is 0. The number of azide groups is 1. The van der Waals surface area contributed by atoms with Gasteiger partial charge in [0.05, 0.1) is 6.61 Å². The highest BCUT2D eigenvalue weighted by molar-refractivity contribution is 6.01. The zero-order chi connectivity index (χ0) is 31.3. The van der Waals surface area contributed by atoms with Crippen LogP contribution < -0.4 is 15.6 Å². The average Bonchev–Trinajstić information content (AvgIpc) is 3.46. The van der Waals surface area contributed by atoms with Gasteiger partial charge in [0.15, 0.2) is 11.6 Å². The topological polar surface area (TPSA) is 141 Å². The Morgan fingerprint density at radius 1 is 0.933 bits per heavy atom. The summed E-state index contributed by atoms with van der Waals surface area (Å²) in [6.07, 6.45) is 1.54. The second-order valence-electron chi connectivity index (χ2n) is 10.7. The van der Waals surface area contributed by atoms with Gasteiger partial charge in [-0.2, -0.15) is 0 Å². The van der Waals surface area contributed by atoms with E-state index in [1.807, 2.05) is 66.7 Å². The SMILES string of the molecule is [N-]=[N+]=Nc1ccccc1[C@@H]1OC(c2ccc(OCCCO)cc2)=N[C@]1(Cc1ccccc1)C(=O)NNCCCc1ccccc1. The Balaban J connectivity index is 1.48. The number of amides is 1. The summed E-state index contributed by atoms with van der Waals surface area (Å²) in [6, 6.07) is 34.2. The van der Waals surface area contributed by atoms with Gasteiger partial charge in [0, 0.05) is 47.7 Å². The van der Waals surface area contributed by atoms with Crippen LogP contribution in [0, 0.1) is 0 Å². The Morgan fingerprint density at radius 2 is 1.62 bits per heavy atom. The van der Waals surface area contributed by atoms with Crippen molar-refractivity contribution in [3.05, 3.63) is 142 Å². The number of aliphatic hydroxyl groups is 1. The van der Waals surface area contributed by atoms with Crippen LogP contribution in [-0.4, -0.2) is 42.2 Å². The van der Waals surface area contributed by atoms with E-state index < -0.39 is 11.6 Å². The highest BCUT2D eigenvalue weighted by Crippen LogP contribution is 2.45. The molecule has 1 heterocycles. The van der Waals surface area contributed by atoms with E-state index in [4.69, 9.17) is 19.6 Å². The van der Waals surface area contributed by atoms with Gasteiger partial charge in [-0.25, -0.2) is 10.4 Å². The van der Waals surface area contributed by atoms with Crippen LogP contribution in [0.3, 0.4) is 0 Å². The number of carbonyl (C=O) groups is 1. The highest BCUT2D eigenvalue weighted by atomic mass is 16.5. The second-order valence-corrected chi connectivity index (χ2v) is 10.7. The van der Waals surface area contributed by atoms with Gasteiger partial charge in [-0.05, 0) is 53.8 Å². The van der Waals surface area contributed by atoms with Gasteiger partial charge in [0.2, 0.25) is 5.90 Å². The fourth-order valence-corrected chi connectivity index (χ4v) is 5.29. The number of hydrogen-bond acceptors (Lipinski definition) is 7. The molecular formula is C35H36N6O4. The van der Waals surface area contributed by atoms with Crippen LogP contribution in [0.25, 0.3) is 10.4 Å². The monoisotopic (exact) mass is 604 g/mol. The Bertz CT molecular complexity index is 1630. The molecule has 0 spiro atoms. The summed E-state index contributed by atoms with van der Waals surface area (Å²) in [5.41, 5.74) is 17.6. The number of hydrazine groups is 1. The number of ether oxygens (including phenoxy) is 2. The lowest BCUT2D eigenvalue weighted by Gasteiger charge is -2.31. The zero-order valence-electron chi connectivity index (χ0n) is 24.9. The van der Waals surface area contributed by atoms with E-state index in [0.29, 0.717) is 42.1 Å². The second kappa shape index (κ2) is 15.5. The first kappa shape index (κ1) is 31.3. The van der Waals surface area contributed by atoms with Crippen molar-refractivity contribution in [3.8, 4) is 5.75 Å². The molecule has 5 rings (SSSR count). The van der Waals surface area contributed by atoms with E-state index in [0.717, 1.165) is 18.4 Å².